The third-order valence-electron chi connectivity index (χ3n) is 2.60. The van der Waals surface area contributed by atoms with Crippen LogP contribution in [0.2, 0.25) is 5.02 Å². The number of nitrogens with zero attached hydrogens (tertiary/aromatic N) is 1. The molecular formula is C14H22BrClIN3O. The van der Waals surface area contributed by atoms with Gasteiger partial charge in [-0.15, -0.1) is 24.0 Å². The molecule has 0 aliphatic carbocycles. The number of nitrogens with one attached hydrogen (secondary N) is 2. The first-order chi connectivity index (χ1) is 9.67. The molecule has 0 spiro atoms. The molecule has 0 amide bonds. The minimum atomic E-state index is 0. The molecular weight excluding hydrogens is 468 g/mol. The zero-order valence-corrected chi connectivity index (χ0v) is 17.0. The number of halogens is 3. The van der Waals surface area contributed by atoms with Crippen molar-refractivity contribution in [3.63, 3.8) is 0 Å². The summed E-state index contributed by atoms with van der Waals surface area (Å²) in [6.45, 7) is 4.93. The molecule has 0 radical (unpaired) electrons. The summed E-state index contributed by atoms with van der Waals surface area (Å²) in [6, 6.07) is 5.82. The molecule has 1 rings (SSSR count). The molecule has 0 saturated carbocycles. The fourth-order valence-corrected chi connectivity index (χ4v) is 2.28. The van der Waals surface area contributed by atoms with Crippen LogP contribution in [0.25, 0.3) is 0 Å². The van der Waals surface area contributed by atoms with Crippen molar-refractivity contribution >= 4 is 57.5 Å². The van der Waals surface area contributed by atoms with E-state index >= 15 is 0 Å². The van der Waals surface area contributed by atoms with E-state index in [-0.39, 0.29) is 24.0 Å². The van der Waals surface area contributed by atoms with Gasteiger partial charge in [0, 0.05) is 29.7 Å². The molecule has 0 bridgehead atoms. The summed E-state index contributed by atoms with van der Waals surface area (Å²) in [6.07, 6.45) is 0.871. The Bertz CT molecular complexity index is 446. The number of hydrogen-bond donors (Lipinski definition) is 2. The van der Waals surface area contributed by atoms with Crippen LogP contribution in [-0.2, 0) is 11.2 Å². The number of ether oxygens (including phenoxy) is 1. The van der Waals surface area contributed by atoms with Crippen LogP contribution in [0.15, 0.2) is 27.7 Å². The fourth-order valence-electron chi connectivity index (χ4n) is 1.64. The largest absolute Gasteiger partial charge is 0.383 e. The van der Waals surface area contributed by atoms with Crippen LogP contribution in [0.5, 0.6) is 0 Å². The highest BCUT2D eigenvalue weighted by molar-refractivity contribution is 14.0. The second kappa shape index (κ2) is 12.5. The molecule has 1 aromatic rings. The van der Waals surface area contributed by atoms with E-state index in [2.05, 4.69) is 31.6 Å². The van der Waals surface area contributed by atoms with Gasteiger partial charge in [0.15, 0.2) is 5.96 Å². The predicted molar refractivity (Wildman–Crippen MR) is 104 cm³/mol. The summed E-state index contributed by atoms with van der Waals surface area (Å²) in [4.78, 5) is 4.41. The average molecular weight is 491 g/mol. The number of guanidine groups is 1. The van der Waals surface area contributed by atoms with Crippen LogP contribution in [0.3, 0.4) is 0 Å². The molecule has 2 N–H and O–H groups in total. The first kappa shape index (κ1) is 20.9. The van der Waals surface area contributed by atoms with Gasteiger partial charge in [-0.05, 0) is 37.1 Å². The maximum absolute atomic E-state index is 6.00. The molecule has 0 heterocycles. The summed E-state index contributed by atoms with van der Waals surface area (Å²) in [5.74, 6) is 0.808. The fraction of sp³-hybridized carbons (Fsp3) is 0.500. The van der Waals surface area contributed by atoms with E-state index in [4.69, 9.17) is 16.3 Å². The SMILES string of the molecule is CCNC(=NCCOC)NCCc1cc(Cl)ccc1Br.I. The van der Waals surface area contributed by atoms with E-state index in [1.54, 1.807) is 7.11 Å². The summed E-state index contributed by atoms with van der Waals surface area (Å²) < 4.78 is 6.06. The molecule has 120 valence electrons. The summed E-state index contributed by atoms with van der Waals surface area (Å²) in [5, 5.41) is 7.25. The molecule has 0 unspecified atom stereocenters. The van der Waals surface area contributed by atoms with Gasteiger partial charge in [-0.25, -0.2) is 0 Å². The maximum atomic E-state index is 6.00. The van der Waals surface area contributed by atoms with Crippen molar-refractivity contribution in [2.75, 3.05) is 33.4 Å². The van der Waals surface area contributed by atoms with E-state index in [1.165, 1.54) is 5.56 Å². The van der Waals surface area contributed by atoms with E-state index in [1.807, 2.05) is 25.1 Å². The summed E-state index contributed by atoms with van der Waals surface area (Å²) in [7, 11) is 1.67. The number of methoxy groups -OCH3 is 1. The molecule has 0 atom stereocenters. The Morgan fingerprint density at radius 1 is 1.38 bits per heavy atom. The van der Waals surface area contributed by atoms with Crippen LogP contribution in [0, 0.1) is 0 Å². The third-order valence-corrected chi connectivity index (χ3v) is 3.61. The molecule has 7 heteroatoms. The average Bonchev–Trinajstić information content (AvgIpc) is 2.43. The van der Waals surface area contributed by atoms with Gasteiger partial charge < -0.3 is 15.4 Å². The lowest BCUT2D eigenvalue weighted by atomic mass is 10.1. The van der Waals surface area contributed by atoms with Gasteiger partial charge in [0.2, 0.25) is 0 Å². The highest BCUT2D eigenvalue weighted by atomic mass is 127. The van der Waals surface area contributed by atoms with E-state index < -0.39 is 0 Å². The van der Waals surface area contributed by atoms with Crippen LogP contribution in [0.1, 0.15) is 12.5 Å². The zero-order valence-electron chi connectivity index (χ0n) is 12.3. The van der Waals surface area contributed by atoms with E-state index in [9.17, 15) is 0 Å². The van der Waals surface area contributed by atoms with Gasteiger partial charge in [0.1, 0.15) is 0 Å². The Morgan fingerprint density at radius 3 is 2.81 bits per heavy atom. The van der Waals surface area contributed by atoms with E-state index in [0.29, 0.717) is 13.2 Å². The van der Waals surface area contributed by atoms with Gasteiger partial charge in [0.05, 0.1) is 13.2 Å². The molecule has 21 heavy (non-hydrogen) atoms. The van der Waals surface area contributed by atoms with Crippen molar-refractivity contribution in [3.8, 4) is 0 Å². The molecule has 1 aromatic carbocycles. The Balaban J connectivity index is 0.00000400. The van der Waals surface area contributed by atoms with E-state index in [0.717, 1.165) is 35.0 Å². The van der Waals surface area contributed by atoms with Gasteiger partial charge in [0.25, 0.3) is 0 Å². The second-order valence-corrected chi connectivity index (χ2v) is 5.46. The number of hydrogen-bond acceptors (Lipinski definition) is 2. The Kier molecular flexibility index (Phi) is 12.5. The minimum Gasteiger partial charge on any atom is -0.383 e. The topological polar surface area (TPSA) is 45.7 Å². The second-order valence-electron chi connectivity index (χ2n) is 4.17. The molecule has 0 saturated heterocycles. The zero-order chi connectivity index (χ0) is 14.8. The Labute approximate surface area is 157 Å². The van der Waals surface area contributed by atoms with Crippen molar-refractivity contribution in [1.82, 2.24) is 10.6 Å². The number of rotatable bonds is 7. The van der Waals surface area contributed by atoms with Crippen LogP contribution in [0.4, 0.5) is 0 Å². The third kappa shape index (κ3) is 8.85. The van der Waals surface area contributed by atoms with Crippen LogP contribution < -0.4 is 10.6 Å². The van der Waals surface area contributed by atoms with Gasteiger partial charge >= 0.3 is 0 Å². The van der Waals surface area contributed by atoms with Gasteiger partial charge in [-0.3, -0.25) is 4.99 Å². The monoisotopic (exact) mass is 489 g/mol. The van der Waals surface area contributed by atoms with Crippen LogP contribution >= 0.6 is 51.5 Å². The number of aliphatic imine (C=N–C) groups is 1. The van der Waals surface area contributed by atoms with Crippen molar-refractivity contribution < 1.29 is 4.74 Å². The van der Waals surface area contributed by atoms with Crippen molar-refractivity contribution in [3.05, 3.63) is 33.3 Å². The van der Waals surface area contributed by atoms with Crippen molar-refractivity contribution in [2.24, 2.45) is 4.99 Å². The van der Waals surface area contributed by atoms with Crippen molar-refractivity contribution in [1.29, 1.82) is 0 Å². The minimum absolute atomic E-state index is 0. The van der Waals surface area contributed by atoms with Crippen LogP contribution in [-0.4, -0.2) is 39.3 Å². The first-order valence-electron chi connectivity index (χ1n) is 6.62. The normalized spacial score (nSPS) is 11.0. The molecule has 0 fully saturated rings. The molecule has 0 aliphatic rings. The van der Waals surface area contributed by atoms with Crippen molar-refractivity contribution in [2.45, 2.75) is 13.3 Å². The summed E-state index contributed by atoms with van der Waals surface area (Å²) in [5.41, 5.74) is 1.18. The lowest BCUT2D eigenvalue weighted by Gasteiger charge is -2.12. The Hall–Kier alpha value is -0.0500. The van der Waals surface area contributed by atoms with Gasteiger partial charge in [-0.1, -0.05) is 27.5 Å². The first-order valence-corrected chi connectivity index (χ1v) is 7.79. The number of benzene rings is 1. The molecule has 4 nitrogen and oxygen atoms in total. The highest BCUT2D eigenvalue weighted by Crippen LogP contribution is 2.21. The smallest absolute Gasteiger partial charge is 0.191 e. The summed E-state index contributed by atoms with van der Waals surface area (Å²) >= 11 is 9.53. The highest BCUT2D eigenvalue weighted by Gasteiger charge is 2.02. The lowest BCUT2D eigenvalue weighted by Crippen LogP contribution is -2.38. The maximum Gasteiger partial charge on any atom is 0.191 e. The predicted octanol–water partition coefficient (Wildman–Crippen LogP) is 3.46. The lowest BCUT2D eigenvalue weighted by molar-refractivity contribution is 0.208. The molecule has 0 aliphatic heterocycles. The Morgan fingerprint density at radius 2 is 2.14 bits per heavy atom. The van der Waals surface area contributed by atoms with Gasteiger partial charge in [-0.2, -0.15) is 0 Å². The standard InChI is InChI=1S/C14H21BrClN3O.HI/c1-3-17-14(19-8-9-20-2)18-7-6-11-10-12(16)4-5-13(11)15;/h4-5,10H,3,6-9H2,1-2H3,(H2,17,18,19);1H. The quantitative estimate of drug-likeness (QED) is 0.266. The molecule has 0 aromatic heterocycles.